The van der Waals surface area contributed by atoms with Gasteiger partial charge in [-0.3, -0.25) is 14.4 Å². The van der Waals surface area contributed by atoms with Gasteiger partial charge in [-0.2, -0.15) is 0 Å². The third-order valence-corrected chi connectivity index (χ3v) is 4.74. The van der Waals surface area contributed by atoms with Gasteiger partial charge in [0.25, 0.3) is 5.91 Å². The summed E-state index contributed by atoms with van der Waals surface area (Å²) in [5.74, 6) is 1.85. The summed E-state index contributed by atoms with van der Waals surface area (Å²) in [5.41, 5.74) is 1.63. The minimum absolute atomic E-state index is 0.0569. The van der Waals surface area contributed by atoms with E-state index in [2.05, 4.69) is 21.9 Å². The van der Waals surface area contributed by atoms with Crippen LogP contribution in [0.5, 0.6) is 0 Å². The Morgan fingerprint density at radius 3 is 2.55 bits per heavy atom. The van der Waals surface area contributed by atoms with Crippen LogP contribution in [0, 0.1) is 12.3 Å². The first-order valence-corrected chi connectivity index (χ1v) is 10.0. The molecule has 0 saturated heterocycles. The summed E-state index contributed by atoms with van der Waals surface area (Å²) in [6.45, 7) is 3.58. The van der Waals surface area contributed by atoms with E-state index in [-0.39, 0.29) is 36.1 Å². The quantitative estimate of drug-likeness (QED) is 0.462. The summed E-state index contributed by atoms with van der Waals surface area (Å²) in [6.07, 6.45) is 5.35. The van der Waals surface area contributed by atoms with Crippen LogP contribution >= 0.6 is 11.8 Å². The first-order chi connectivity index (χ1) is 13.9. The normalized spacial score (nSPS) is 10.1. The number of carbonyl (C=O) groups is 3. The van der Waals surface area contributed by atoms with Gasteiger partial charge in [0.2, 0.25) is 11.8 Å². The lowest BCUT2D eigenvalue weighted by Gasteiger charge is -2.11. The van der Waals surface area contributed by atoms with Crippen LogP contribution in [0.1, 0.15) is 29.8 Å². The molecule has 7 heteroatoms. The van der Waals surface area contributed by atoms with Crippen molar-refractivity contribution in [3.05, 3.63) is 59.7 Å². The van der Waals surface area contributed by atoms with Crippen molar-refractivity contribution in [2.24, 2.45) is 0 Å². The zero-order chi connectivity index (χ0) is 21.2. The van der Waals surface area contributed by atoms with E-state index in [0.717, 1.165) is 0 Å². The molecular weight excluding hydrogens is 386 g/mol. The molecule has 0 aromatic heterocycles. The number of terminal acetylenes is 1. The molecule has 3 amide bonds. The highest BCUT2D eigenvalue weighted by Crippen LogP contribution is 2.22. The van der Waals surface area contributed by atoms with Gasteiger partial charge in [0, 0.05) is 22.2 Å². The number of hydrogen-bond acceptors (Lipinski definition) is 4. The Labute approximate surface area is 174 Å². The number of rotatable bonds is 8. The summed E-state index contributed by atoms with van der Waals surface area (Å²) in [5, 5.41) is 8.10. The molecule has 0 spiro atoms. The Hall–Kier alpha value is -3.24. The van der Waals surface area contributed by atoms with Crippen LogP contribution in [0.25, 0.3) is 0 Å². The smallest absolute Gasteiger partial charge is 0.252 e. The summed E-state index contributed by atoms with van der Waals surface area (Å²) >= 11 is 1.27. The van der Waals surface area contributed by atoms with Crippen molar-refractivity contribution in [3.63, 3.8) is 0 Å². The van der Waals surface area contributed by atoms with E-state index in [9.17, 15) is 14.4 Å². The fourth-order valence-corrected chi connectivity index (χ4v) is 3.30. The molecule has 0 saturated carbocycles. The molecule has 0 atom stereocenters. The zero-order valence-electron chi connectivity index (χ0n) is 16.3. The van der Waals surface area contributed by atoms with Gasteiger partial charge in [0.05, 0.1) is 17.9 Å². The van der Waals surface area contributed by atoms with Crippen molar-refractivity contribution in [2.75, 3.05) is 17.6 Å². The fraction of sp³-hybridized carbons (Fsp3) is 0.227. The van der Waals surface area contributed by atoms with E-state index in [1.165, 1.54) is 11.8 Å². The molecule has 0 aliphatic rings. The molecule has 6 nitrogen and oxygen atoms in total. The molecule has 0 unspecified atom stereocenters. The second kappa shape index (κ2) is 10.9. The van der Waals surface area contributed by atoms with Gasteiger partial charge in [0.15, 0.2) is 0 Å². The predicted octanol–water partition coefficient (Wildman–Crippen LogP) is 2.65. The highest BCUT2D eigenvalue weighted by molar-refractivity contribution is 8.00. The average Bonchev–Trinajstić information content (AvgIpc) is 2.70. The van der Waals surface area contributed by atoms with Crippen molar-refractivity contribution in [2.45, 2.75) is 24.8 Å². The second-order valence-corrected chi connectivity index (χ2v) is 7.48. The van der Waals surface area contributed by atoms with Crippen LogP contribution in [-0.2, 0) is 9.59 Å². The Bertz CT molecular complexity index is 935. The van der Waals surface area contributed by atoms with Crippen LogP contribution in [-0.4, -0.2) is 36.1 Å². The van der Waals surface area contributed by atoms with E-state index >= 15 is 0 Å². The van der Waals surface area contributed by atoms with Gasteiger partial charge in [-0.05, 0) is 44.2 Å². The van der Waals surface area contributed by atoms with E-state index in [1.807, 2.05) is 13.8 Å². The topological polar surface area (TPSA) is 87.3 Å². The Morgan fingerprint density at radius 2 is 1.83 bits per heavy atom. The van der Waals surface area contributed by atoms with Crippen molar-refractivity contribution < 1.29 is 14.4 Å². The average molecular weight is 410 g/mol. The number of thioether (sulfide) groups is 1. The molecule has 3 N–H and O–H groups in total. The minimum atomic E-state index is -0.384. The van der Waals surface area contributed by atoms with Crippen LogP contribution in [0.4, 0.5) is 5.69 Å². The molecule has 2 aromatic rings. The molecule has 0 radical (unpaired) electrons. The van der Waals surface area contributed by atoms with Crippen LogP contribution in [0.15, 0.2) is 53.4 Å². The van der Waals surface area contributed by atoms with Gasteiger partial charge in [-0.15, -0.1) is 18.2 Å². The highest BCUT2D eigenvalue weighted by Gasteiger charge is 2.14. The lowest BCUT2D eigenvalue weighted by Crippen LogP contribution is -2.33. The van der Waals surface area contributed by atoms with Gasteiger partial charge >= 0.3 is 0 Å². The van der Waals surface area contributed by atoms with E-state index in [1.54, 1.807) is 48.5 Å². The van der Waals surface area contributed by atoms with Crippen molar-refractivity contribution in [3.8, 4) is 12.3 Å². The number of benzene rings is 2. The molecule has 2 aromatic carbocycles. The zero-order valence-corrected chi connectivity index (χ0v) is 17.1. The molecule has 0 heterocycles. The second-order valence-electron chi connectivity index (χ2n) is 6.46. The molecular formula is C22H23N3O3S. The standard InChI is InChI=1S/C22H23N3O3S/c1-4-16-8-7-9-17(12-16)25-20(26)13-23-22(28)18-10-5-6-11-19(18)29-14-21(27)24-15(2)3/h1,5-12,15H,13-14H2,2-3H3,(H,23,28)(H,24,27)(H,25,26). The molecule has 0 aliphatic heterocycles. The van der Waals surface area contributed by atoms with Gasteiger partial charge < -0.3 is 16.0 Å². The first-order valence-electron chi connectivity index (χ1n) is 9.05. The lowest BCUT2D eigenvalue weighted by molar-refractivity contribution is -0.119. The molecule has 29 heavy (non-hydrogen) atoms. The maximum Gasteiger partial charge on any atom is 0.252 e. The monoisotopic (exact) mass is 409 g/mol. The number of carbonyl (C=O) groups excluding carboxylic acids is 3. The van der Waals surface area contributed by atoms with Crippen molar-refractivity contribution >= 4 is 35.2 Å². The molecule has 2 rings (SSSR count). The Kier molecular flexibility index (Phi) is 8.31. The van der Waals surface area contributed by atoms with Crippen LogP contribution < -0.4 is 16.0 Å². The van der Waals surface area contributed by atoms with Gasteiger partial charge in [0.1, 0.15) is 0 Å². The van der Waals surface area contributed by atoms with E-state index < -0.39 is 0 Å². The lowest BCUT2D eigenvalue weighted by atomic mass is 10.2. The van der Waals surface area contributed by atoms with Gasteiger partial charge in [-0.1, -0.05) is 24.1 Å². The maximum atomic E-state index is 12.5. The first kappa shape index (κ1) is 22.1. The molecule has 0 aliphatic carbocycles. The van der Waals surface area contributed by atoms with E-state index in [4.69, 9.17) is 6.42 Å². The number of anilines is 1. The molecule has 150 valence electrons. The SMILES string of the molecule is C#Cc1cccc(NC(=O)CNC(=O)c2ccccc2SCC(=O)NC(C)C)c1. The summed E-state index contributed by atoms with van der Waals surface area (Å²) < 4.78 is 0. The highest BCUT2D eigenvalue weighted by atomic mass is 32.2. The largest absolute Gasteiger partial charge is 0.353 e. The van der Waals surface area contributed by atoms with Crippen LogP contribution in [0.2, 0.25) is 0 Å². The summed E-state index contributed by atoms with van der Waals surface area (Å²) in [4.78, 5) is 37.1. The Morgan fingerprint density at radius 1 is 1.07 bits per heavy atom. The predicted molar refractivity (Wildman–Crippen MR) is 116 cm³/mol. The minimum Gasteiger partial charge on any atom is -0.353 e. The number of amides is 3. The van der Waals surface area contributed by atoms with Gasteiger partial charge in [-0.25, -0.2) is 0 Å². The number of nitrogens with one attached hydrogen (secondary N) is 3. The maximum absolute atomic E-state index is 12.5. The van der Waals surface area contributed by atoms with E-state index in [0.29, 0.717) is 21.7 Å². The summed E-state index contributed by atoms with van der Waals surface area (Å²) in [7, 11) is 0. The summed E-state index contributed by atoms with van der Waals surface area (Å²) in [6, 6.07) is 13.9. The van der Waals surface area contributed by atoms with Crippen molar-refractivity contribution in [1.82, 2.24) is 10.6 Å². The number of hydrogen-bond donors (Lipinski definition) is 3. The van der Waals surface area contributed by atoms with Crippen LogP contribution in [0.3, 0.4) is 0 Å². The Balaban J connectivity index is 1.92. The van der Waals surface area contributed by atoms with Crippen molar-refractivity contribution in [1.29, 1.82) is 0 Å². The fourth-order valence-electron chi connectivity index (χ4n) is 2.43. The molecule has 0 fully saturated rings. The molecule has 0 bridgehead atoms. The third kappa shape index (κ3) is 7.35. The third-order valence-electron chi connectivity index (χ3n) is 3.66.